The SMILES string of the molecule is CCSCCC(C)Nc1cncc(Cl)n1. The number of nitrogens with one attached hydrogen (secondary N) is 1. The van der Waals surface area contributed by atoms with Gasteiger partial charge in [0, 0.05) is 6.04 Å². The van der Waals surface area contributed by atoms with E-state index in [2.05, 4.69) is 29.1 Å². The highest BCUT2D eigenvalue weighted by atomic mass is 35.5. The quantitative estimate of drug-likeness (QED) is 0.782. The molecule has 1 rings (SSSR count). The summed E-state index contributed by atoms with van der Waals surface area (Å²) >= 11 is 7.69. The summed E-state index contributed by atoms with van der Waals surface area (Å²) in [5.74, 6) is 3.08. The van der Waals surface area contributed by atoms with Crippen LogP contribution in [0.25, 0.3) is 0 Å². The molecule has 15 heavy (non-hydrogen) atoms. The molecule has 0 aliphatic carbocycles. The molecule has 84 valence electrons. The molecule has 0 spiro atoms. The summed E-state index contributed by atoms with van der Waals surface area (Å²) in [6.07, 6.45) is 4.34. The number of rotatable bonds is 6. The van der Waals surface area contributed by atoms with Crippen LogP contribution >= 0.6 is 23.4 Å². The molecule has 5 heteroatoms. The van der Waals surface area contributed by atoms with Gasteiger partial charge in [0.05, 0.1) is 12.4 Å². The number of halogens is 1. The highest BCUT2D eigenvalue weighted by Crippen LogP contribution is 2.10. The number of hydrogen-bond acceptors (Lipinski definition) is 4. The number of nitrogens with zero attached hydrogens (tertiary/aromatic N) is 2. The minimum atomic E-state index is 0.400. The Morgan fingerprint density at radius 3 is 3.00 bits per heavy atom. The van der Waals surface area contributed by atoms with Gasteiger partial charge in [-0.2, -0.15) is 11.8 Å². The van der Waals surface area contributed by atoms with E-state index in [4.69, 9.17) is 11.6 Å². The lowest BCUT2D eigenvalue weighted by molar-refractivity contribution is 0.765. The minimum Gasteiger partial charge on any atom is -0.366 e. The Hall–Kier alpha value is -0.480. The van der Waals surface area contributed by atoms with E-state index in [9.17, 15) is 0 Å². The van der Waals surface area contributed by atoms with E-state index < -0.39 is 0 Å². The third-order valence-corrected chi connectivity index (χ3v) is 3.01. The molecule has 1 aromatic heterocycles. The lowest BCUT2D eigenvalue weighted by Gasteiger charge is -2.13. The number of aromatic nitrogens is 2. The Balaban J connectivity index is 2.34. The van der Waals surface area contributed by atoms with Crippen LogP contribution < -0.4 is 5.32 Å². The van der Waals surface area contributed by atoms with E-state index in [0.29, 0.717) is 11.2 Å². The van der Waals surface area contributed by atoms with E-state index in [0.717, 1.165) is 12.2 Å². The molecule has 0 aromatic carbocycles. The number of thioether (sulfide) groups is 1. The first-order valence-corrected chi connectivity index (χ1v) is 6.57. The fraction of sp³-hybridized carbons (Fsp3) is 0.600. The Kier molecular flexibility index (Phi) is 5.79. The van der Waals surface area contributed by atoms with Gasteiger partial charge in [0.25, 0.3) is 0 Å². The van der Waals surface area contributed by atoms with Crippen molar-refractivity contribution in [2.24, 2.45) is 0 Å². The molecule has 0 saturated heterocycles. The summed E-state index contributed by atoms with van der Waals surface area (Å²) in [7, 11) is 0. The maximum Gasteiger partial charge on any atom is 0.149 e. The van der Waals surface area contributed by atoms with Gasteiger partial charge in [-0.25, -0.2) is 4.98 Å². The third kappa shape index (κ3) is 5.23. The first-order valence-electron chi connectivity index (χ1n) is 5.04. The lowest BCUT2D eigenvalue weighted by Crippen LogP contribution is -2.17. The van der Waals surface area contributed by atoms with Gasteiger partial charge >= 0.3 is 0 Å². The van der Waals surface area contributed by atoms with Crippen LogP contribution in [0.2, 0.25) is 5.15 Å². The van der Waals surface area contributed by atoms with Crippen molar-refractivity contribution in [3.8, 4) is 0 Å². The fourth-order valence-corrected chi connectivity index (χ4v) is 2.10. The first kappa shape index (κ1) is 12.6. The van der Waals surface area contributed by atoms with E-state index in [1.54, 1.807) is 6.20 Å². The Labute approximate surface area is 100 Å². The van der Waals surface area contributed by atoms with Gasteiger partial charge in [-0.05, 0) is 24.9 Å². The second-order valence-corrected chi connectivity index (χ2v) is 5.04. The van der Waals surface area contributed by atoms with Gasteiger partial charge in [-0.1, -0.05) is 18.5 Å². The molecule has 0 radical (unpaired) electrons. The molecule has 0 amide bonds. The molecule has 1 aromatic rings. The molecular weight excluding hydrogens is 230 g/mol. The second kappa shape index (κ2) is 6.90. The van der Waals surface area contributed by atoms with Crippen molar-refractivity contribution < 1.29 is 0 Å². The van der Waals surface area contributed by atoms with Crippen molar-refractivity contribution in [2.45, 2.75) is 26.3 Å². The lowest BCUT2D eigenvalue weighted by atomic mass is 10.2. The van der Waals surface area contributed by atoms with E-state index in [1.165, 1.54) is 17.7 Å². The summed E-state index contributed by atoms with van der Waals surface area (Å²) in [6.45, 7) is 4.31. The summed E-state index contributed by atoms with van der Waals surface area (Å²) in [4.78, 5) is 8.10. The zero-order valence-corrected chi connectivity index (χ0v) is 10.6. The molecule has 1 N–H and O–H groups in total. The molecule has 0 aliphatic rings. The van der Waals surface area contributed by atoms with Gasteiger partial charge in [-0.15, -0.1) is 0 Å². The predicted octanol–water partition coefficient (Wildman–Crippen LogP) is 3.07. The molecule has 0 bridgehead atoms. The van der Waals surface area contributed by atoms with Gasteiger partial charge in [0.2, 0.25) is 0 Å². The molecule has 1 atom stereocenters. The van der Waals surface area contributed by atoms with Gasteiger partial charge in [0.1, 0.15) is 11.0 Å². The second-order valence-electron chi connectivity index (χ2n) is 3.26. The molecule has 0 saturated carbocycles. The molecule has 0 fully saturated rings. The summed E-state index contributed by atoms with van der Waals surface area (Å²) in [6, 6.07) is 0.400. The topological polar surface area (TPSA) is 37.8 Å². The fourth-order valence-electron chi connectivity index (χ4n) is 1.14. The van der Waals surface area contributed by atoms with Crippen LogP contribution in [-0.4, -0.2) is 27.5 Å². The molecule has 1 unspecified atom stereocenters. The maximum atomic E-state index is 5.74. The summed E-state index contributed by atoms with van der Waals surface area (Å²) in [5.41, 5.74) is 0. The van der Waals surface area contributed by atoms with Crippen LogP contribution in [0.1, 0.15) is 20.3 Å². The summed E-state index contributed by atoms with van der Waals surface area (Å²) in [5, 5.41) is 3.70. The van der Waals surface area contributed by atoms with Crippen molar-refractivity contribution in [3.05, 3.63) is 17.5 Å². The Morgan fingerprint density at radius 2 is 2.33 bits per heavy atom. The van der Waals surface area contributed by atoms with Crippen LogP contribution in [-0.2, 0) is 0 Å². The Bertz CT molecular complexity index is 296. The van der Waals surface area contributed by atoms with Crippen LogP contribution in [0.3, 0.4) is 0 Å². The predicted molar refractivity (Wildman–Crippen MR) is 67.7 cm³/mol. The molecule has 0 aliphatic heterocycles. The van der Waals surface area contributed by atoms with Crippen molar-refractivity contribution in [1.29, 1.82) is 0 Å². The highest BCUT2D eigenvalue weighted by molar-refractivity contribution is 7.99. The van der Waals surface area contributed by atoms with Crippen LogP contribution in [0.15, 0.2) is 12.4 Å². The average molecular weight is 246 g/mol. The van der Waals surface area contributed by atoms with Crippen molar-refractivity contribution >= 4 is 29.2 Å². The standard InChI is InChI=1S/C10H16ClN3S/c1-3-15-5-4-8(2)13-10-7-12-6-9(11)14-10/h6-8H,3-5H2,1-2H3,(H,13,14). The number of anilines is 1. The molecule has 3 nitrogen and oxygen atoms in total. The van der Waals surface area contributed by atoms with E-state index >= 15 is 0 Å². The van der Waals surface area contributed by atoms with E-state index in [-0.39, 0.29) is 0 Å². The number of hydrogen-bond donors (Lipinski definition) is 1. The van der Waals surface area contributed by atoms with Crippen molar-refractivity contribution in [1.82, 2.24) is 9.97 Å². The largest absolute Gasteiger partial charge is 0.366 e. The minimum absolute atomic E-state index is 0.400. The smallest absolute Gasteiger partial charge is 0.149 e. The van der Waals surface area contributed by atoms with Crippen LogP contribution in [0, 0.1) is 0 Å². The monoisotopic (exact) mass is 245 g/mol. The highest BCUT2D eigenvalue weighted by Gasteiger charge is 2.03. The maximum absolute atomic E-state index is 5.74. The first-order chi connectivity index (χ1) is 7.22. The van der Waals surface area contributed by atoms with Crippen LogP contribution in [0.5, 0.6) is 0 Å². The van der Waals surface area contributed by atoms with Gasteiger partial charge < -0.3 is 5.32 Å². The van der Waals surface area contributed by atoms with Gasteiger partial charge in [-0.3, -0.25) is 4.98 Å². The molecular formula is C10H16ClN3S. The van der Waals surface area contributed by atoms with Crippen molar-refractivity contribution in [2.75, 3.05) is 16.8 Å². The van der Waals surface area contributed by atoms with E-state index in [1.807, 2.05) is 11.8 Å². The van der Waals surface area contributed by atoms with Crippen molar-refractivity contribution in [3.63, 3.8) is 0 Å². The molecule has 1 heterocycles. The zero-order valence-electron chi connectivity index (χ0n) is 9.03. The van der Waals surface area contributed by atoms with Crippen LogP contribution in [0.4, 0.5) is 5.82 Å². The normalized spacial score (nSPS) is 12.5. The average Bonchev–Trinajstić information content (AvgIpc) is 2.18. The summed E-state index contributed by atoms with van der Waals surface area (Å²) < 4.78 is 0. The third-order valence-electron chi connectivity index (χ3n) is 1.90. The van der Waals surface area contributed by atoms with Gasteiger partial charge in [0.15, 0.2) is 0 Å². The Morgan fingerprint density at radius 1 is 1.53 bits per heavy atom. The zero-order chi connectivity index (χ0) is 11.1.